The number of rotatable bonds is 5. The Bertz CT molecular complexity index is 759. The fraction of sp³-hybridized carbons (Fsp3) is 0.588. The number of hydrogen-bond acceptors (Lipinski definition) is 6. The minimum Gasteiger partial charge on any atom is -0.473 e. The lowest BCUT2D eigenvalue weighted by molar-refractivity contribution is -0.0975. The number of halogens is 2. The number of aromatic nitrogens is 4. The number of aromatic amines is 1. The lowest BCUT2D eigenvalue weighted by atomic mass is 9.78. The summed E-state index contributed by atoms with van der Waals surface area (Å²) in [4.78, 5) is 10.8. The third-order valence-electron chi connectivity index (χ3n) is 5.07. The van der Waals surface area contributed by atoms with Gasteiger partial charge in [-0.25, -0.2) is 8.78 Å². The van der Waals surface area contributed by atoms with Crippen LogP contribution in [0.15, 0.2) is 18.5 Å². The summed E-state index contributed by atoms with van der Waals surface area (Å²) in [5.74, 6) is -2.07. The van der Waals surface area contributed by atoms with Gasteiger partial charge in [0.15, 0.2) is 11.6 Å². The van der Waals surface area contributed by atoms with E-state index < -0.39 is 11.8 Å². The third-order valence-corrected chi connectivity index (χ3v) is 5.07. The third kappa shape index (κ3) is 3.62. The maximum atomic E-state index is 13.5. The largest absolute Gasteiger partial charge is 0.473 e. The van der Waals surface area contributed by atoms with Gasteiger partial charge in [-0.2, -0.15) is 10.1 Å². The number of nitrogens with zero attached hydrogens (tertiary/aromatic N) is 4. The molecule has 9 heteroatoms. The Labute approximate surface area is 150 Å². The van der Waals surface area contributed by atoms with Crippen molar-refractivity contribution in [3.05, 3.63) is 24.2 Å². The first-order valence-corrected chi connectivity index (χ1v) is 8.87. The standard InChI is InChI=1S/C17H22F2N6O/c1-25-6-3-11(4-7-25)26-16-10-20-9-15(22-16)21-14-8-13(23-24-14)12-2-5-17(12,18)19/h8-12H,2-7H2,1H3,(H2,21,22,23,24)/t12-/m1/s1. The van der Waals surface area contributed by atoms with Crippen molar-refractivity contribution in [1.29, 1.82) is 0 Å². The molecule has 1 atom stereocenters. The molecule has 4 rings (SSSR count). The Morgan fingerprint density at radius 2 is 2.04 bits per heavy atom. The molecule has 2 fully saturated rings. The van der Waals surface area contributed by atoms with E-state index in [1.54, 1.807) is 18.5 Å². The van der Waals surface area contributed by atoms with E-state index in [0.717, 1.165) is 25.9 Å². The second-order valence-corrected chi connectivity index (χ2v) is 7.05. The molecule has 26 heavy (non-hydrogen) atoms. The Hall–Kier alpha value is -2.29. The average molecular weight is 364 g/mol. The van der Waals surface area contributed by atoms with Crippen LogP contribution in [-0.2, 0) is 0 Å². The van der Waals surface area contributed by atoms with E-state index in [-0.39, 0.29) is 12.5 Å². The van der Waals surface area contributed by atoms with Crippen molar-refractivity contribution in [3.63, 3.8) is 0 Å². The molecule has 7 nitrogen and oxygen atoms in total. The first-order chi connectivity index (χ1) is 12.5. The van der Waals surface area contributed by atoms with Crippen LogP contribution in [0.2, 0.25) is 0 Å². The van der Waals surface area contributed by atoms with Crippen molar-refractivity contribution in [2.45, 2.75) is 43.6 Å². The zero-order valence-corrected chi connectivity index (χ0v) is 14.6. The van der Waals surface area contributed by atoms with Gasteiger partial charge in [0.1, 0.15) is 6.10 Å². The maximum absolute atomic E-state index is 13.5. The molecule has 2 aromatic rings. The summed E-state index contributed by atoms with van der Waals surface area (Å²) >= 11 is 0. The van der Waals surface area contributed by atoms with Crippen molar-refractivity contribution in [3.8, 4) is 5.88 Å². The molecule has 140 valence electrons. The van der Waals surface area contributed by atoms with Crippen LogP contribution in [0.4, 0.5) is 20.4 Å². The molecule has 2 aromatic heterocycles. The highest BCUT2D eigenvalue weighted by Crippen LogP contribution is 2.49. The molecule has 0 bridgehead atoms. The molecule has 0 spiro atoms. The van der Waals surface area contributed by atoms with Gasteiger partial charge in [-0.15, -0.1) is 0 Å². The number of alkyl halides is 2. The first kappa shape index (κ1) is 17.1. The Morgan fingerprint density at radius 3 is 2.73 bits per heavy atom. The number of anilines is 2. The topological polar surface area (TPSA) is 79.0 Å². The minimum absolute atomic E-state index is 0.0682. The van der Waals surface area contributed by atoms with Crippen LogP contribution in [0.5, 0.6) is 5.88 Å². The monoisotopic (exact) mass is 364 g/mol. The molecule has 0 amide bonds. The summed E-state index contributed by atoms with van der Waals surface area (Å²) in [6.07, 6.45) is 5.56. The lowest BCUT2D eigenvalue weighted by Crippen LogP contribution is -2.36. The van der Waals surface area contributed by atoms with E-state index >= 15 is 0 Å². The molecule has 1 aliphatic heterocycles. The van der Waals surface area contributed by atoms with Gasteiger partial charge in [-0.05, 0) is 26.3 Å². The predicted molar refractivity (Wildman–Crippen MR) is 92.0 cm³/mol. The smallest absolute Gasteiger partial charge is 0.256 e. The van der Waals surface area contributed by atoms with Gasteiger partial charge >= 0.3 is 0 Å². The van der Waals surface area contributed by atoms with Crippen molar-refractivity contribution in [2.24, 2.45) is 0 Å². The maximum Gasteiger partial charge on any atom is 0.256 e. The van der Waals surface area contributed by atoms with E-state index in [1.807, 2.05) is 0 Å². The van der Waals surface area contributed by atoms with Gasteiger partial charge < -0.3 is 15.0 Å². The lowest BCUT2D eigenvalue weighted by Gasteiger charge is -2.35. The van der Waals surface area contributed by atoms with Crippen LogP contribution >= 0.6 is 0 Å². The quantitative estimate of drug-likeness (QED) is 0.849. The molecule has 1 aliphatic carbocycles. The molecule has 1 saturated carbocycles. The molecule has 0 unspecified atom stereocenters. The number of piperidine rings is 1. The van der Waals surface area contributed by atoms with E-state index in [1.165, 1.54) is 0 Å². The van der Waals surface area contributed by atoms with Crippen molar-refractivity contribution < 1.29 is 13.5 Å². The van der Waals surface area contributed by atoms with Crippen LogP contribution in [0.1, 0.15) is 37.3 Å². The number of hydrogen-bond donors (Lipinski definition) is 2. The van der Waals surface area contributed by atoms with E-state index in [4.69, 9.17) is 4.74 Å². The van der Waals surface area contributed by atoms with Gasteiger partial charge in [-0.1, -0.05) is 0 Å². The van der Waals surface area contributed by atoms with Crippen LogP contribution in [0.25, 0.3) is 0 Å². The summed E-state index contributed by atoms with van der Waals surface area (Å²) in [5, 5.41) is 9.73. The van der Waals surface area contributed by atoms with Crippen LogP contribution < -0.4 is 10.1 Å². The van der Waals surface area contributed by atoms with Gasteiger partial charge in [0, 0.05) is 31.3 Å². The highest BCUT2D eigenvalue weighted by molar-refractivity contribution is 5.51. The summed E-state index contributed by atoms with van der Waals surface area (Å²) in [6, 6.07) is 1.60. The summed E-state index contributed by atoms with van der Waals surface area (Å²) in [7, 11) is 2.10. The normalized spacial score (nSPS) is 23.4. The predicted octanol–water partition coefficient (Wildman–Crippen LogP) is 2.93. The number of H-pyrrole nitrogens is 1. The number of nitrogens with one attached hydrogen (secondary N) is 2. The Balaban J connectivity index is 1.39. The van der Waals surface area contributed by atoms with E-state index in [9.17, 15) is 8.78 Å². The summed E-state index contributed by atoms with van der Waals surface area (Å²) in [6.45, 7) is 2.00. The first-order valence-electron chi connectivity index (χ1n) is 8.87. The van der Waals surface area contributed by atoms with Crippen molar-refractivity contribution >= 4 is 11.6 Å². The molecular formula is C17H22F2N6O. The van der Waals surface area contributed by atoms with Gasteiger partial charge in [0.25, 0.3) is 5.92 Å². The SMILES string of the molecule is CN1CCC(Oc2cncc(Nc3cc([C@H]4CCC4(F)F)[nH]n3)n2)CC1. The Kier molecular flexibility index (Phi) is 4.47. The van der Waals surface area contributed by atoms with Crippen LogP contribution in [0, 0.1) is 0 Å². The zero-order chi connectivity index (χ0) is 18.1. The number of likely N-dealkylation sites (tertiary alicyclic amines) is 1. The molecule has 3 heterocycles. The zero-order valence-electron chi connectivity index (χ0n) is 14.6. The average Bonchev–Trinajstić information content (AvgIpc) is 3.04. The molecule has 0 radical (unpaired) electrons. The van der Waals surface area contributed by atoms with Crippen molar-refractivity contribution in [2.75, 3.05) is 25.5 Å². The molecule has 0 aromatic carbocycles. The van der Waals surface area contributed by atoms with E-state index in [2.05, 4.69) is 37.4 Å². The second-order valence-electron chi connectivity index (χ2n) is 7.05. The second kappa shape index (κ2) is 6.79. The fourth-order valence-electron chi connectivity index (χ4n) is 3.34. The highest BCUT2D eigenvalue weighted by Gasteiger charge is 2.49. The number of ether oxygens (including phenoxy) is 1. The molecule has 1 saturated heterocycles. The molecule has 2 aliphatic rings. The van der Waals surface area contributed by atoms with Crippen LogP contribution in [0.3, 0.4) is 0 Å². The summed E-state index contributed by atoms with van der Waals surface area (Å²) in [5.41, 5.74) is 0.440. The summed E-state index contributed by atoms with van der Waals surface area (Å²) < 4.78 is 32.9. The van der Waals surface area contributed by atoms with Crippen molar-refractivity contribution in [1.82, 2.24) is 25.1 Å². The van der Waals surface area contributed by atoms with Gasteiger partial charge in [0.05, 0.1) is 18.3 Å². The Morgan fingerprint density at radius 1 is 1.23 bits per heavy atom. The fourth-order valence-corrected chi connectivity index (χ4v) is 3.34. The van der Waals surface area contributed by atoms with Gasteiger partial charge in [-0.3, -0.25) is 10.1 Å². The highest BCUT2D eigenvalue weighted by atomic mass is 19.3. The molecule has 2 N–H and O–H groups in total. The van der Waals surface area contributed by atoms with Crippen LogP contribution in [-0.4, -0.2) is 57.2 Å². The minimum atomic E-state index is -2.65. The molecular weight excluding hydrogens is 342 g/mol. The van der Waals surface area contributed by atoms with E-state index in [0.29, 0.717) is 29.6 Å². The van der Waals surface area contributed by atoms with Gasteiger partial charge in [0.2, 0.25) is 5.88 Å².